The first-order chi connectivity index (χ1) is 24.5. The fourth-order valence-corrected chi connectivity index (χ4v) is 5.84. The van der Waals surface area contributed by atoms with E-state index < -0.39 is 0 Å². The Hall–Kier alpha value is -4.34. The molecule has 10 heteroatoms. The molecule has 1 aliphatic carbocycles. The fourth-order valence-electron chi connectivity index (χ4n) is 5.84. The number of methoxy groups -OCH3 is 6. The van der Waals surface area contributed by atoms with Crippen LogP contribution in [0.5, 0.6) is 34.5 Å². The fraction of sp³-hybridized carbons (Fsp3) is 0.550. The van der Waals surface area contributed by atoms with Crippen LogP contribution in [0.25, 0.3) is 0 Å². The Morgan fingerprint density at radius 3 is 1.52 bits per heavy atom. The van der Waals surface area contributed by atoms with Gasteiger partial charge in [-0.3, -0.25) is 4.99 Å². The summed E-state index contributed by atoms with van der Waals surface area (Å²) in [6.45, 7) is 6.06. The first kappa shape index (κ1) is 40.1. The Labute approximate surface area is 300 Å². The Balaban J connectivity index is 2.06. The van der Waals surface area contributed by atoms with Crippen LogP contribution in [-0.2, 0) is 0 Å². The highest BCUT2D eigenvalue weighted by Crippen LogP contribution is 2.42. The van der Waals surface area contributed by atoms with E-state index in [1.165, 1.54) is 57.8 Å². The molecule has 0 radical (unpaired) electrons. The monoisotopic (exact) mass is 692 g/mol. The smallest absolute Gasteiger partial charge is 0.203 e. The summed E-state index contributed by atoms with van der Waals surface area (Å²) in [4.78, 5) is 10.2. The van der Waals surface area contributed by atoms with Crippen molar-refractivity contribution in [3.63, 3.8) is 0 Å². The number of aliphatic imine (C=N–C) groups is 2. The average Bonchev–Trinajstić information content (AvgIpc) is 3.14. The zero-order valence-electron chi connectivity index (χ0n) is 31.7. The molecular weight excluding hydrogens is 632 g/mol. The average molecular weight is 693 g/mol. The van der Waals surface area contributed by atoms with Crippen LogP contribution in [0.3, 0.4) is 0 Å². The molecule has 0 heterocycles. The summed E-state index contributed by atoms with van der Waals surface area (Å²) in [5.41, 5.74) is 4.74. The zero-order valence-corrected chi connectivity index (χ0v) is 31.7. The molecule has 2 N–H and O–H groups in total. The van der Waals surface area contributed by atoms with E-state index in [9.17, 15) is 0 Å². The van der Waals surface area contributed by atoms with E-state index in [-0.39, 0.29) is 0 Å². The van der Waals surface area contributed by atoms with Crippen molar-refractivity contribution < 1.29 is 28.4 Å². The Morgan fingerprint density at radius 2 is 1.00 bits per heavy atom. The van der Waals surface area contributed by atoms with Gasteiger partial charge in [-0.25, -0.2) is 4.99 Å². The van der Waals surface area contributed by atoms with Crippen molar-refractivity contribution in [2.45, 2.75) is 90.9 Å². The summed E-state index contributed by atoms with van der Waals surface area (Å²) in [5, 5.41) is 7.28. The minimum atomic E-state index is 0.518. The van der Waals surface area contributed by atoms with E-state index in [4.69, 9.17) is 38.4 Å². The molecular formula is C40H60N4O6. The van der Waals surface area contributed by atoms with Crippen LogP contribution in [-0.4, -0.2) is 67.2 Å². The molecule has 0 atom stereocenters. The van der Waals surface area contributed by atoms with Crippen molar-refractivity contribution >= 4 is 22.8 Å². The molecule has 276 valence electrons. The predicted molar refractivity (Wildman–Crippen MR) is 206 cm³/mol. The van der Waals surface area contributed by atoms with Gasteiger partial charge < -0.3 is 39.1 Å². The van der Waals surface area contributed by atoms with Crippen molar-refractivity contribution in [3.8, 4) is 34.5 Å². The van der Waals surface area contributed by atoms with Gasteiger partial charge in [0, 0.05) is 43.0 Å². The molecule has 2 aromatic rings. The van der Waals surface area contributed by atoms with Crippen LogP contribution in [0.4, 0.5) is 11.4 Å². The van der Waals surface area contributed by atoms with Crippen molar-refractivity contribution in [1.82, 2.24) is 5.32 Å². The molecule has 0 aromatic heterocycles. The highest BCUT2D eigenvalue weighted by molar-refractivity contribution is 6.25. The van der Waals surface area contributed by atoms with Crippen LogP contribution in [0.1, 0.15) is 90.9 Å². The quantitative estimate of drug-likeness (QED) is 0.0829. The standard InChI is InChI=1S/C40H60N4O6/c1-9-11-13-15-17-19-21-41-31-27-32(42-22-20-18-16-14-12-10-2)34(44-30-25-37(47-5)40(50-8)38(26-30)48-6)28-33(31)43-29-23-35(45-3)39(49-7)36(24-29)46-4/h23-28,41,44H,9-22H2,1-8H3. The van der Waals surface area contributed by atoms with Gasteiger partial charge in [-0.05, 0) is 25.0 Å². The van der Waals surface area contributed by atoms with Gasteiger partial charge in [0.2, 0.25) is 11.5 Å². The lowest BCUT2D eigenvalue weighted by Gasteiger charge is -2.22. The van der Waals surface area contributed by atoms with E-state index in [2.05, 4.69) is 30.6 Å². The second-order valence-electron chi connectivity index (χ2n) is 12.3. The molecule has 0 unspecified atom stereocenters. The summed E-state index contributed by atoms with van der Waals surface area (Å²) >= 11 is 0. The highest BCUT2D eigenvalue weighted by Gasteiger charge is 2.21. The van der Waals surface area contributed by atoms with Gasteiger partial charge in [0.05, 0.1) is 71.2 Å². The Morgan fingerprint density at radius 1 is 0.520 bits per heavy atom. The summed E-state index contributed by atoms with van der Waals surface area (Å²) < 4.78 is 33.7. The number of hydrogen-bond donors (Lipinski definition) is 2. The first-order valence-electron chi connectivity index (χ1n) is 18.1. The van der Waals surface area contributed by atoms with E-state index in [0.29, 0.717) is 40.2 Å². The third-order valence-electron chi connectivity index (χ3n) is 8.60. The molecule has 0 bridgehead atoms. The third kappa shape index (κ3) is 11.9. The molecule has 10 nitrogen and oxygen atoms in total. The minimum absolute atomic E-state index is 0.518. The van der Waals surface area contributed by atoms with Gasteiger partial charge in [0.25, 0.3) is 0 Å². The number of allylic oxidation sites excluding steroid dienone is 2. The maximum Gasteiger partial charge on any atom is 0.203 e. The normalized spacial score (nSPS) is 14.2. The van der Waals surface area contributed by atoms with Gasteiger partial charge in [-0.15, -0.1) is 0 Å². The van der Waals surface area contributed by atoms with E-state index >= 15 is 0 Å². The summed E-state index contributed by atoms with van der Waals surface area (Å²) in [6.07, 6.45) is 18.7. The van der Waals surface area contributed by atoms with Crippen LogP contribution in [0.2, 0.25) is 0 Å². The molecule has 0 spiro atoms. The lowest BCUT2D eigenvalue weighted by Crippen LogP contribution is -2.27. The second-order valence-corrected chi connectivity index (χ2v) is 12.3. The zero-order chi connectivity index (χ0) is 36.1. The van der Waals surface area contributed by atoms with E-state index in [1.807, 2.05) is 30.3 Å². The molecule has 1 aliphatic rings. The molecule has 0 fully saturated rings. The first-order valence-corrected chi connectivity index (χ1v) is 18.1. The maximum absolute atomic E-state index is 5.65. The molecule has 3 rings (SSSR count). The van der Waals surface area contributed by atoms with Crippen LogP contribution in [0, 0.1) is 0 Å². The van der Waals surface area contributed by atoms with Gasteiger partial charge >= 0.3 is 0 Å². The van der Waals surface area contributed by atoms with Crippen LogP contribution in [0.15, 0.2) is 57.8 Å². The predicted octanol–water partition coefficient (Wildman–Crippen LogP) is 9.46. The van der Waals surface area contributed by atoms with Crippen molar-refractivity contribution in [1.29, 1.82) is 0 Å². The number of unbranched alkanes of at least 4 members (excludes halogenated alkanes) is 10. The van der Waals surface area contributed by atoms with Gasteiger partial charge in [-0.2, -0.15) is 0 Å². The Kier molecular flexibility index (Phi) is 18.0. The number of ether oxygens (including phenoxy) is 6. The highest BCUT2D eigenvalue weighted by atomic mass is 16.5. The van der Waals surface area contributed by atoms with E-state index in [1.54, 1.807) is 42.7 Å². The number of benzene rings is 2. The lowest BCUT2D eigenvalue weighted by atomic mass is 10.0. The number of nitrogens with one attached hydrogen (secondary N) is 2. The topological polar surface area (TPSA) is 104 Å². The number of anilines is 1. The second kappa shape index (κ2) is 22.4. The molecule has 0 aliphatic heterocycles. The third-order valence-corrected chi connectivity index (χ3v) is 8.60. The summed E-state index contributed by atoms with van der Waals surface area (Å²) in [7, 11) is 9.63. The van der Waals surface area contributed by atoms with Gasteiger partial charge in [0.15, 0.2) is 23.0 Å². The van der Waals surface area contributed by atoms with Crippen molar-refractivity contribution in [2.75, 3.05) is 61.1 Å². The number of hydrogen-bond acceptors (Lipinski definition) is 10. The number of nitrogens with zero attached hydrogens (tertiary/aromatic N) is 2. The maximum atomic E-state index is 5.65. The summed E-state index contributed by atoms with van der Waals surface area (Å²) in [5.74, 6) is 3.23. The van der Waals surface area contributed by atoms with E-state index in [0.717, 1.165) is 60.9 Å². The van der Waals surface area contributed by atoms with Gasteiger partial charge in [-0.1, -0.05) is 78.1 Å². The largest absolute Gasteiger partial charge is 0.493 e. The lowest BCUT2D eigenvalue weighted by molar-refractivity contribution is 0.324. The van der Waals surface area contributed by atoms with Crippen LogP contribution < -0.4 is 39.1 Å². The van der Waals surface area contributed by atoms with Crippen molar-refractivity contribution in [2.24, 2.45) is 9.98 Å². The van der Waals surface area contributed by atoms with Gasteiger partial charge in [0.1, 0.15) is 0 Å². The number of rotatable bonds is 24. The molecule has 0 saturated carbocycles. The molecule has 0 saturated heterocycles. The van der Waals surface area contributed by atoms with Crippen molar-refractivity contribution in [3.05, 3.63) is 47.8 Å². The molecule has 0 amide bonds. The molecule has 50 heavy (non-hydrogen) atoms. The summed E-state index contributed by atoms with van der Waals surface area (Å²) in [6, 6.07) is 7.48. The Bertz CT molecular complexity index is 1420. The minimum Gasteiger partial charge on any atom is -0.493 e. The SMILES string of the molecule is CCCCCCCCN=C1C=C(NCCCCCCCC)C(=Nc2cc(OC)c(OC)c(OC)c2)C=C1Nc1cc(OC)c(OC)c(OC)c1. The molecule has 2 aromatic carbocycles. The van der Waals surface area contributed by atoms with Crippen LogP contribution >= 0.6 is 0 Å².